The molecule has 0 atom stereocenters. The summed E-state index contributed by atoms with van der Waals surface area (Å²) in [7, 11) is 0. The zero-order valence-electron chi connectivity index (χ0n) is 12.4. The number of carbonyl (C=O) groups excluding carboxylic acids is 1. The largest absolute Gasteiger partial charge is 0.388 e. The molecule has 116 valence electrons. The normalized spacial score (nSPS) is 17.9. The van der Waals surface area contributed by atoms with Crippen LogP contribution in [0.4, 0.5) is 10.5 Å². The molecular weight excluding hydrogens is 332 g/mol. The second kappa shape index (κ2) is 7.27. The fourth-order valence-corrected chi connectivity index (χ4v) is 2.95. The zero-order chi connectivity index (χ0) is 15.3. The predicted octanol–water partition coefficient (Wildman–Crippen LogP) is 3.96. The van der Waals surface area contributed by atoms with Gasteiger partial charge < -0.3 is 15.7 Å². The first-order valence-electron chi connectivity index (χ1n) is 7.52. The highest BCUT2D eigenvalue weighted by Crippen LogP contribution is 2.26. The van der Waals surface area contributed by atoms with Crippen molar-refractivity contribution < 1.29 is 9.90 Å². The van der Waals surface area contributed by atoms with Crippen LogP contribution in [0, 0.1) is 6.92 Å². The molecule has 0 aliphatic heterocycles. The molecule has 0 saturated heterocycles. The number of nitrogens with one attached hydrogen (secondary N) is 2. The molecule has 2 rings (SSSR count). The number of urea groups is 1. The van der Waals surface area contributed by atoms with E-state index in [0.29, 0.717) is 6.54 Å². The van der Waals surface area contributed by atoms with Crippen LogP contribution >= 0.6 is 15.9 Å². The smallest absolute Gasteiger partial charge is 0.319 e. The van der Waals surface area contributed by atoms with Crippen molar-refractivity contribution in [2.45, 2.75) is 51.0 Å². The van der Waals surface area contributed by atoms with Crippen LogP contribution in [0.15, 0.2) is 22.7 Å². The minimum atomic E-state index is -0.747. The van der Waals surface area contributed by atoms with Crippen LogP contribution in [-0.2, 0) is 0 Å². The lowest BCUT2D eigenvalue weighted by atomic mass is 9.95. The SMILES string of the molecule is Cc1cc(NC(=O)NCC2(O)CCCCCC2)ccc1Br. The molecule has 0 aromatic heterocycles. The molecule has 0 radical (unpaired) electrons. The lowest BCUT2D eigenvalue weighted by Crippen LogP contribution is -2.44. The summed E-state index contributed by atoms with van der Waals surface area (Å²) < 4.78 is 1.02. The summed E-state index contributed by atoms with van der Waals surface area (Å²) in [5.41, 5.74) is 1.07. The number of hydrogen-bond acceptors (Lipinski definition) is 2. The van der Waals surface area contributed by atoms with Crippen molar-refractivity contribution >= 4 is 27.6 Å². The molecule has 1 aromatic carbocycles. The lowest BCUT2D eigenvalue weighted by molar-refractivity contribution is 0.0281. The summed E-state index contributed by atoms with van der Waals surface area (Å²) in [4.78, 5) is 11.9. The number of halogens is 1. The molecular formula is C16H23BrN2O2. The first-order chi connectivity index (χ1) is 9.98. The van der Waals surface area contributed by atoms with Crippen LogP contribution in [0.3, 0.4) is 0 Å². The van der Waals surface area contributed by atoms with Gasteiger partial charge in [-0.1, -0.05) is 41.6 Å². The van der Waals surface area contributed by atoms with E-state index in [1.54, 1.807) is 0 Å². The Labute approximate surface area is 134 Å². The van der Waals surface area contributed by atoms with Crippen LogP contribution in [0.2, 0.25) is 0 Å². The van der Waals surface area contributed by atoms with Gasteiger partial charge in [-0.3, -0.25) is 0 Å². The van der Waals surface area contributed by atoms with E-state index in [-0.39, 0.29) is 6.03 Å². The minimum absolute atomic E-state index is 0.269. The molecule has 1 aromatic rings. The van der Waals surface area contributed by atoms with Crippen molar-refractivity contribution in [3.05, 3.63) is 28.2 Å². The number of aryl methyl sites for hydroxylation is 1. The summed E-state index contributed by atoms with van der Waals surface area (Å²) >= 11 is 3.43. The Morgan fingerprint density at radius 3 is 2.57 bits per heavy atom. The fourth-order valence-electron chi connectivity index (χ4n) is 2.71. The van der Waals surface area contributed by atoms with Crippen LogP contribution in [-0.4, -0.2) is 23.3 Å². The summed E-state index contributed by atoms with van der Waals surface area (Å²) in [6.45, 7) is 2.29. The average Bonchev–Trinajstić information content (AvgIpc) is 2.66. The maximum atomic E-state index is 11.9. The Bertz CT molecular complexity index is 497. The molecule has 0 bridgehead atoms. The van der Waals surface area contributed by atoms with E-state index in [4.69, 9.17) is 0 Å². The molecule has 1 aliphatic rings. The van der Waals surface area contributed by atoms with E-state index in [1.165, 1.54) is 12.8 Å². The van der Waals surface area contributed by atoms with Gasteiger partial charge >= 0.3 is 6.03 Å². The lowest BCUT2D eigenvalue weighted by Gasteiger charge is -2.26. The molecule has 1 fully saturated rings. The van der Waals surface area contributed by atoms with E-state index in [2.05, 4.69) is 26.6 Å². The van der Waals surface area contributed by atoms with Crippen LogP contribution in [0.1, 0.15) is 44.1 Å². The highest BCUT2D eigenvalue weighted by molar-refractivity contribution is 9.10. The Hall–Kier alpha value is -1.07. The predicted molar refractivity (Wildman–Crippen MR) is 88.6 cm³/mol. The number of benzene rings is 1. The summed E-state index contributed by atoms with van der Waals surface area (Å²) in [6, 6.07) is 5.39. The molecule has 0 spiro atoms. The number of carbonyl (C=O) groups is 1. The molecule has 3 N–H and O–H groups in total. The van der Waals surface area contributed by atoms with Gasteiger partial charge in [0.15, 0.2) is 0 Å². The van der Waals surface area contributed by atoms with Gasteiger partial charge in [-0.25, -0.2) is 4.79 Å². The number of amides is 2. The van der Waals surface area contributed by atoms with Gasteiger partial charge in [-0.2, -0.15) is 0 Å². The molecule has 5 heteroatoms. The standard InChI is InChI=1S/C16H23BrN2O2/c1-12-10-13(6-7-14(12)17)19-15(20)18-11-16(21)8-4-2-3-5-9-16/h6-7,10,21H,2-5,8-9,11H2,1H3,(H2,18,19,20). The molecule has 0 heterocycles. The molecule has 21 heavy (non-hydrogen) atoms. The number of aliphatic hydroxyl groups is 1. The van der Waals surface area contributed by atoms with Gasteiger partial charge in [0.25, 0.3) is 0 Å². The van der Waals surface area contributed by atoms with Gasteiger partial charge in [0.1, 0.15) is 0 Å². The Kier molecular flexibility index (Phi) is 5.65. The van der Waals surface area contributed by atoms with Gasteiger partial charge in [0, 0.05) is 16.7 Å². The van der Waals surface area contributed by atoms with E-state index in [9.17, 15) is 9.90 Å². The third-order valence-corrected chi connectivity index (χ3v) is 4.92. The first kappa shape index (κ1) is 16.3. The van der Waals surface area contributed by atoms with E-state index in [1.807, 2.05) is 25.1 Å². The van der Waals surface area contributed by atoms with E-state index in [0.717, 1.165) is 41.4 Å². The van der Waals surface area contributed by atoms with Gasteiger partial charge in [0.05, 0.1) is 5.60 Å². The van der Waals surface area contributed by atoms with Crippen molar-refractivity contribution in [3.63, 3.8) is 0 Å². The number of hydrogen-bond donors (Lipinski definition) is 3. The monoisotopic (exact) mass is 354 g/mol. The Morgan fingerprint density at radius 2 is 1.95 bits per heavy atom. The van der Waals surface area contributed by atoms with E-state index < -0.39 is 5.60 Å². The Morgan fingerprint density at radius 1 is 1.29 bits per heavy atom. The summed E-state index contributed by atoms with van der Waals surface area (Å²) in [5.74, 6) is 0. The van der Waals surface area contributed by atoms with Gasteiger partial charge in [0.2, 0.25) is 0 Å². The van der Waals surface area contributed by atoms with Crippen molar-refractivity contribution in [2.24, 2.45) is 0 Å². The maximum absolute atomic E-state index is 11.9. The second-order valence-electron chi connectivity index (χ2n) is 5.91. The summed E-state index contributed by atoms with van der Waals surface area (Å²) in [6.07, 6.45) is 5.95. The number of rotatable bonds is 3. The van der Waals surface area contributed by atoms with Crippen molar-refractivity contribution in [2.75, 3.05) is 11.9 Å². The minimum Gasteiger partial charge on any atom is -0.388 e. The van der Waals surface area contributed by atoms with E-state index >= 15 is 0 Å². The highest BCUT2D eigenvalue weighted by atomic mass is 79.9. The quantitative estimate of drug-likeness (QED) is 0.719. The highest BCUT2D eigenvalue weighted by Gasteiger charge is 2.28. The van der Waals surface area contributed by atoms with Gasteiger partial charge in [-0.05, 0) is 43.5 Å². The molecule has 1 saturated carbocycles. The fraction of sp³-hybridized carbons (Fsp3) is 0.562. The van der Waals surface area contributed by atoms with Crippen molar-refractivity contribution in [1.29, 1.82) is 0 Å². The molecule has 1 aliphatic carbocycles. The van der Waals surface area contributed by atoms with Crippen LogP contribution in [0.25, 0.3) is 0 Å². The molecule has 2 amide bonds. The van der Waals surface area contributed by atoms with Gasteiger partial charge in [-0.15, -0.1) is 0 Å². The number of anilines is 1. The topological polar surface area (TPSA) is 61.4 Å². The maximum Gasteiger partial charge on any atom is 0.319 e. The Balaban J connectivity index is 1.85. The van der Waals surface area contributed by atoms with Crippen molar-refractivity contribution in [3.8, 4) is 0 Å². The molecule has 0 unspecified atom stereocenters. The average molecular weight is 355 g/mol. The summed E-state index contributed by atoms with van der Waals surface area (Å²) in [5, 5.41) is 16.1. The van der Waals surface area contributed by atoms with Crippen LogP contribution in [0.5, 0.6) is 0 Å². The van der Waals surface area contributed by atoms with Crippen LogP contribution < -0.4 is 10.6 Å². The van der Waals surface area contributed by atoms with Crippen molar-refractivity contribution in [1.82, 2.24) is 5.32 Å². The third-order valence-electron chi connectivity index (χ3n) is 4.03. The zero-order valence-corrected chi connectivity index (χ0v) is 14.0. The second-order valence-corrected chi connectivity index (χ2v) is 6.76. The third kappa shape index (κ3) is 5.00. The first-order valence-corrected chi connectivity index (χ1v) is 8.31. The molecule has 4 nitrogen and oxygen atoms in total.